The lowest BCUT2D eigenvalue weighted by molar-refractivity contribution is -0.116. The summed E-state index contributed by atoms with van der Waals surface area (Å²) < 4.78 is 5.28. The van der Waals surface area contributed by atoms with E-state index in [9.17, 15) is 4.79 Å². The first-order valence-electron chi connectivity index (χ1n) is 10.3. The Balaban J connectivity index is 1.92. The zero-order valence-corrected chi connectivity index (χ0v) is 17.8. The summed E-state index contributed by atoms with van der Waals surface area (Å²) in [4.78, 5) is 13.4. The minimum absolute atomic E-state index is 0.0773. The predicted molar refractivity (Wildman–Crippen MR) is 124 cm³/mol. The van der Waals surface area contributed by atoms with E-state index in [1.54, 1.807) is 7.11 Å². The molecule has 0 unspecified atom stereocenters. The van der Waals surface area contributed by atoms with E-state index in [4.69, 9.17) is 4.74 Å². The molecule has 154 valence electrons. The Labute approximate surface area is 179 Å². The quantitative estimate of drug-likeness (QED) is 0.365. The molecule has 0 saturated heterocycles. The summed E-state index contributed by atoms with van der Waals surface area (Å²) in [6.07, 6.45) is 2.80. The summed E-state index contributed by atoms with van der Waals surface area (Å²) in [5.41, 5.74) is 3.63. The summed E-state index contributed by atoms with van der Waals surface area (Å²) in [7, 11) is 1.66. The van der Waals surface area contributed by atoms with E-state index in [1.807, 2.05) is 91.0 Å². The monoisotopic (exact) mass is 399 g/mol. The van der Waals surface area contributed by atoms with Crippen molar-refractivity contribution in [2.45, 2.75) is 26.3 Å². The fourth-order valence-electron chi connectivity index (χ4n) is 3.44. The second-order valence-electron chi connectivity index (χ2n) is 7.76. The van der Waals surface area contributed by atoms with Gasteiger partial charge in [0.15, 0.2) is 0 Å². The molecule has 0 aromatic heterocycles. The number of benzene rings is 3. The summed E-state index contributed by atoms with van der Waals surface area (Å²) in [6.45, 7) is 4.33. The third-order valence-corrected chi connectivity index (χ3v) is 4.97. The zero-order chi connectivity index (χ0) is 21.3. The molecule has 1 amide bonds. The van der Waals surface area contributed by atoms with E-state index in [-0.39, 0.29) is 11.9 Å². The van der Waals surface area contributed by atoms with Gasteiger partial charge in [-0.3, -0.25) is 4.79 Å². The number of hydrogen-bond donors (Lipinski definition) is 1. The first kappa shape index (κ1) is 21.4. The molecular weight excluding hydrogens is 370 g/mol. The number of ether oxygens (including phenoxy) is 1. The van der Waals surface area contributed by atoms with Crippen molar-refractivity contribution in [2.75, 3.05) is 7.11 Å². The lowest BCUT2D eigenvalue weighted by atomic mass is 9.95. The number of carbonyl (C=O) groups is 1. The second-order valence-corrected chi connectivity index (χ2v) is 7.76. The van der Waals surface area contributed by atoms with Crippen molar-refractivity contribution in [1.82, 2.24) is 5.32 Å². The Morgan fingerprint density at radius 3 is 2.07 bits per heavy atom. The van der Waals surface area contributed by atoms with E-state index in [0.717, 1.165) is 28.9 Å². The van der Waals surface area contributed by atoms with Crippen LogP contribution in [0.15, 0.2) is 84.9 Å². The fraction of sp³-hybridized carbons (Fsp3) is 0.222. The Kier molecular flexibility index (Phi) is 7.45. The predicted octanol–water partition coefficient (Wildman–Crippen LogP) is 6.14. The minimum Gasteiger partial charge on any atom is -0.497 e. The minimum atomic E-state index is -0.0775. The molecule has 1 N–H and O–H groups in total. The summed E-state index contributed by atoms with van der Waals surface area (Å²) in [5, 5.41) is 3.27. The molecule has 3 aromatic rings. The van der Waals surface area contributed by atoms with Crippen molar-refractivity contribution in [2.24, 2.45) is 5.92 Å². The van der Waals surface area contributed by atoms with Crippen molar-refractivity contribution in [1.29, 1.82) is 0 Å². The molecule has 0 aliphatic carbocycles. The van der Waals surface area contributed by atoms with Gasteiger partial charge in [-0.1, -0.05) is 86.6 Å². The van der Waals surface area contributed by atoms with Crippen LogP contribution in [0.3, 0.4) is 0 Å². The molecule has 3 rings (SSSR count). The Bertz CT molecular complexity index is 961. The molecule has 0 bridgehead atoms. The average Bonchev–Trinajstić information content (AvgIpc) is 2.78. The highest BCUT2D eigenvalue weighted by Gasteiger charge is 2.20. The molecule has 0 saturated carbocycles. The van der Waals surface area contributed by atoms with Crippen LogP contribution in [0.2, 0.25) is 0 Å². The largest absolute Gasteiger partial charge is 0.497 e. The molecule has 30 heavy (non-hydrogen) atoms. The lowest BCUT2D eigenvalue weighted by Crippen LogP contribution is -2.30. The van der Waals surface area contributed by atoms with Crippen LogP contribution in [0.1, 0.15) is 43.0 Å². The lowest BCUT2D eigenvalue weighted by Gasteiger charge is -2.22. The Hall–Kier alpha value is -3.33. The van der Waals surface area contributed by atoms with E-state index in [0.29, 0.717) is 11.5 Å². The average molecular weight is 400 g/mol. The molecule has 3 nitrogen and oxygen atoms in total. The number of nitrogens with one attached hydrogen (secondary N) is 1. The fourth-order valence-corrected chi connectivity index (χ4v) is 3.44. The Morgan fingerprint density at radius 2 is 1.50 bits per heavy atom. The molecule has 3 aromatic carbocycles. The highest BCUT2D eigenvalue weighted by molar-refractivity contribution is 6.24. The van der Waals surface area contributed by atoms with E-state index in [2.05, 4.69) is 19.2 Å². The topological polar surface area (TPSA) is 38.3 Å². The van der Waals surface area contributed by atoms with Gasteiger partial charge in [0.25, 0.3) is 5.91 Å². The first-order chi connectivity index (χ1) is 14.6. The number of carbonyl (C=O) groups excluding carboxylic acids is 1. The smallest absolute Gasteiger partial charge is 0.252 e. The standard InChI is InChI=1S/C27H29NO2/c1-20(2)18-26(23-14-16-24(30-3)17-15-23)28-27(29)25(22-12-8-5-9-13-22)19-21-10-6-4-7-11-21/h4-17,19-20,26H,18H2,1-3H3,(H,28,29)/b25-19+/t26-/m1/s1. The van der Waals surface area contributed by atoms with Crippen molar-refractivity contribution < 1.29 is 9.53 Å². The molecule has 0 aliphatic heterocycles. The summed E-state index contributed by atoms with van der Waals surface area (Å²) in [5.74, 6) is 1.17. The van der Waals surface area contributed by atoms with Crippen LogP contribution in [-0.2, 0) is 4.79 Å². The molecule has 0 spiro atoms. The zero-order valence-electron chi connectivity index (χ0n) is 17.8. The first-order valence-corrected chi connectivity index (χ1v) is 10.3. The van der Waals surface area contributed by atoms with Crippen molar-refractivity contribution in [3.05, 3.63) is 102 Å². The van der Waals surface area contributed by atoms with Crippen LogP contribution < -0.4 is 10.1 Å². The van der Waals surface area contributed by atoms with Crippen molar-refractivity contribution >= 4 is 17.6 Å². The number of methoxy groups -OCH3 is 1. The number of hydrogen-bond acceptors (Lipinski definition) is 2. The number of rotatable bonds is 8. The third-order valence-electron chi connectivity index (χ3n) is 4.97. The summed E-state index contributed by atoms with van der Waals surface area (Å²) >= 11 is 0. The maximum atomic E-state index is 13.4. The normalized spacial score (nSPS) is 12.5. The van der Waals surface area contributed by atoms with Crippen LogP contribution in [-0.4, -0.2) is 13.0 Å². The SMILES string of the molecule is COc1ccc([C@@H](CC(C)C)NC(=O)/C(=C/c2ccccc2)c2ccccc2)cc1. The van der Waals surface area contributed by atoms with E-state index >= 15 is 0 Å². The van der Waals surface area contributed by atoms with E-state index < -0.39 is 0 Å². The highest BCUT2D eigenvalue weighted by Crippen LogP contribution is 2.26. The Morgan fingerprint density at radius 1 is 0.900 bits per heavy atom. The van der Waals surface area contributed by atoms with Gasteiger partial charge in [0.2, 0.25) is 0 Å². The van der Waals surface area contributed by atoms with Crippen molar-refractivity contribution in [3.63, 3.8) is 0 Å². The van der Waals surface area contributed by atoms with Crippen LogP contribution in [0.25, 0.3) is 11.6 Å². The molecule has 0 fully saturated rings. The van der Waals surface area contributed by atoms with Gasteiger partial charge in [0, 0.05) is 5.57 Å². The molecular formula is C27H29NO2. The van der Waals surface area contributed by atoms with Gasteiger partial charge in [0.05, 0.1) is 13.2 Å². The molecule has 0 radical (unpaired) electrons. The third kappa shape index (κ3) is 5.84. The molecule has 3 heteroatoms. The van der Waals surface area contributed by atoms with Gasteiger partial charge in [-0.05, 0) is 47.2 Å². The summed E-state index contributed by atoms with van der Waals surface area (Å²) in [6, 6.07) is 27.6. The van der Waals surface area contributed by atoms with Gasteiger partial charge in [-0.2, -0.15) is 0 Å². The van der Waals surface area contributed by atoms with Crippen LogP contribution in [0.4, 0.5) is 0 Å². The molecule has 1 atom stereocenters. The van der Waals surface area contributed by atoms with E-state index in [1.165, 1.54) is 0 Å². The van der Waals surface area contributed by atoms with Gasteiger partial charge in [-0.25, -0.2) is 0 Å². The van der Waals surface area contributed by atoms with Gasteiger partial charge in [-0.15, -0.1) is 0 Å². The van der Waals surface area contributed by atoms with Crippen LogP contribution in [0.5, 0.6) is 5.75 Å². The number of amides is 1. The van der Waals surface area contributed by atoms with Gasteiger partial charge < -0.3 is 10.1 Å². The maximum Gasteiger partial charge on any atom is 0.252 e. The van der Waals surface area contributed by atoms with Gasteiger partial charge in [0.1, 0.15) is 5.75 Å². The van der Waals surface area contributed by atoms with Crippen molar-refractivity contribution in [3.8, 4) is 5.75 Å². The van der Waals surface area contributed by atoms with Crippen LogP contribution in [0, 0.1) is 5.92 Å². The van der Waals surface area contributed by atoms with Crippen LogP contribution >= 0.6 is 0 Å². The maximum absolute atomic E-state index is 13.4. The molecule has 0 heterocycles. The second kappa shape index (κ2) is 10.4. The molecule has 0 aliphatic rings. The van der Waals surface area contributed by atoms with Gasteiger partial charge >= 0.3 is 0 Å². The highest BCUT2D eigenvalue weighted by atomic mass is 16.5.